The van der Waals surface area contributed by atoms with E-state index in [0.29, 0.717) is 36.1 Å². The first-order valence-corrected chi connectivity index (χ1v) is 9.99. The molecule has 1 aliphatic heterocycles. The molecule has 3 aromatic heterocycles. The van der Waals surface area contributed by atoms with Gasteiger partial charge in [0.2, 0.25) is 10.7 Å². The lowest BCUT2D eigenvalue weighted by molar-refractivity contribution is 0.172. The van der Waals surface area contributed by atoms with Crippen LogP contribution in [0.4, 0.5) is 0 Å². The molecule has 0 N–H and O–H groups in total. The number of hydrogen-bond acceptors (Lipinski definition) is 7. The number of fused-ring (bicyclic) bond motifs is 4. The van der Waals surface area contributed by atoms with Crippen LogP contribution in [0.5, 0.6) is 11.5 Å². The fraction of sp³-hybridized carbons (Fsp3) is 0.200. The predicted octanol–water partition coefficient (Wildman–Crippen LogP) is 4.46. The predicted molar refractivity (Wildman–Crippen MR) is 96.5 cm³/mol. The van der Waals surface area contributed by atoms with Crippen molar-refractivity contribution >= 4 is 55.0 Å². The molecular weight excluding hydrogens is 414 g/mol. The summed E-state index contributed by atoms with van der Waals surface area (Å²) in [7, 11) is 0. The van der Waals surface area contributed by atoms with Crippen molar-refractivity contribution in [3.63, 3.8) is 0 Å². The molecule has 0 unspecified atom stereocenters. The Morgan fingerprint density at radius 1 is 1.29 bits per heavy atom. The second-order valence-corrected chi connectivity index (χ2v) is 7.90. The second-order valence-electron chi connectivity index (χ2n) is 5.14. The van der Waals surface area contributed by atoms with Gasteiger partial charge in [-0.25, -0.2) is 4.98 Å². The number of halogens is 1. The average molecular weight is 424 g/mol. The number of imidazole rings is 1. The van der Waals surface area contributed by atoms with Crippen LogP contribution in [-0.4, -0.2) is 34.1 Å². The lowest BCUT2D eigenvalue weighted by atomic mass is 10.2. The fourth-order valence-corrected chi connectivity index (χ4v) is 4.67. The van der Waals surface area contributed by atoms with E-state index in [4.69, 9.17) is 13.9 Å². The first-order chi connectivity index (χ1) is 11.7. The molecule has 0 atom stereocenters. The van der Waals surface area contributed by atoms with Crippen LogP contribution in [-0.2, 0) is 0 Å². The van der Waals surface area contributed by atoms with Gasteiger partial charge in [0.1, 0.15) is 23.5 Å². The van der Waals surface area contributed by atoms with Crippen molar-refractivity contribution in [1.29, 1.82) is 0 Å². The van der Waals surface area contributed by atoms with Crippen molar-refractivity contribution in [3.05, 3.63) is 22.8 Å². The Hall–Kier alpha value is -1.71. The van der Waals surface area contributed by atoms with Crippen molar-refractivity contribution in [2.24, 2.45) is 0 Å². The third-order valence-corrected chi connectivity index (χ3v) is 6.33. The number of nitrogens with zero attached hydrogens (tertiary/aromatic N) is 3. The smallest absolute Gasteiger partial charge is 0.214 e. The third-order valence-electron chi connectivity index (χ3n) is 3.73. The Labute approximate surface area is 152 Å². The SMILES string of the molecule is CSc1nn2c(Br)c(-c3cc4ccc5c(c4o3)OCCO5)nc2s1. The maximum Gasteiger partial charge on any atom is 0.214 e. The number of ether oxygens (including phenoxy) is 2. The van der Waals surface area contributed by atoms with Crippen molar-refractivity contribution in [1.82, 2.24) is 14.6 Å². The molecule has 6 nitrogen and oxygen atoms in total. The number of rotatable bonds is 2. The van der Waals surface area contributed by atoms with E-state index in [0.717, 1.165) is 25.0 Å². The first kappa shape index (κ1) is 14.6. The van der Waals surface area contributed by atoms with Gasteiger partial charge in [0.25, 0.3) is 0 Å². The highest BCUT2D eigenvalue weighted by Crippen LogP contribution is 2.42. The molecule has 1 aromatic carbocycles. The minimum Gasteiger partial charge on any atom is -0.486 e. The van der Waals surface area contributed by atoms with Gasteiger partial charge in [-0.2, -0.15) is 4.52 Å². The Kier molecular flexibility index (Phi) is 3.29. The molecule has 0 saturated heterocycles. The van der Waals surface area contributed by atoms with Gasteiger partial charge >= 0.3 is 0 Å². The van der Waals surface area contributed by atoms with Gasteiger partial charge < -0.3 is 13.9 Å². The minimum atomic E-state index is 0.521. The molecule has 0 fully saturated rings. The maximum atomic E-state index is 6.05. The molecule has 4 heterocycles. The second kappa shape index (κ2) is 5.40. The summed E-state index contributed by atoms with van der Waals surface area (Å²) in [6, 6.07) is 5.83. The molecular formula is C15H10BrN3O3S2. The highest BCUT2D eigenvalue weighted by molar-refractivity contribution is 9.10. The molecule has 1 aliphatic rings. The van der Waals surface area contributed by atoms with Crippen LogP contribution in [0.1, 0.15) is 0 Å². The van der Waals surface area contributed by atoms with Gasteiger partial charge in [0.05, 0.1) is 0 Å². The van der Waals surface area contributed by atoms with Crippen LogP contribution < -0.4 is 9.47 Å². The number of furan rings is 1. The van der Waals surface area contributed by atoms with Crippen LogP contribution in [0.15, 0.2) is 31.6 Å². The maximum absolute atomic E-state index is 6.05. The third kappa shape index (κ3) is 2.08. The normalized spacial score (nSPS) is 13.9. The Morgan fingerprint density at radius 2 is 2.17 bits per heavy atom. The van der Waals surface area contributed by atoms with Crippen molar-refractivity contribution in [3.8, 4) is 23.0 Å². The number of thioether (sulfide) groups is 1. The van der Waals surface area contributed by atoms with E-state index in [2.05, 4.69) is 26.0 Å². The highest BCUT2D eigenvalue weighted by Gasteiger charge is 2.23. The van der Waals surface area contributed by atoms with Crippen molar-refractivity contribution in [2.75, 3.05) is 19.5 Å². The molecule has 0 spiro atoms. The molecule has 0 radical (unpaired) electrons. The summed E-state index contributed by atoms with van der Waals surface area (Å²) in [5.41, 5.74) is 1.41. The summed E-state index contributed by atoms with van der Waals surface area (Å²) >= 11 is 6.73. The van der Waals surface area contributed by atoms with E-state index in [1.165, 1.54) is 0 Å². The molecule has 122 valence electrons. The van der Waals surface area contributed by atoms with E-state index >= 15 is 0 Å². The lowest BCUT2D eigenvalue weighted by Gasteiger charge is -2.17. The molecule has 0 aliphatic carbocycles. The lowest BCUT2D eigenvalue weighted by Crippen LogP contribution is -2.15. The first-order valence-electron chi connectivity index (χ1n) is 7.16. The van der Waals surface area contributed by atoms with Crippen molar-refractivity contribution in [2.45, 2.75) is 4.34 Å². The van der Waals surface area contributed by atoms with Gasteiger partial charge in [0.15, 0.2) is 21.4 Å². The van der Waals surface area contributed by atoms with E-state index in [-0.39, 0.29) is 0 Å². The fourth-order valence-electron chi connectivity index (χ4n) is 2.67. The average Bonchev–Trinajstić information content (AvgIpc) is 3.28. The van der Waals surface area contributed by atoms with Gasteiger partial charge in [-0.15, -0.1) is 5.10 Å². The zero-order valence-electron chi connectivity index (χ0n) is 12.4. The zero-order valence-corrected chi connectivity index (χ0v) is 15.6. The molecule has 4 aromatic rings. The van der Waals surface area contributed by atoms with Gasteiger partial charge in [0, 0.05) is 5.39 Å². The summed E-state index contributed by atoms with van der Waals surface area (Å²) in [6.45, 7) is 1.08. The molecule has 5 rings (SSSR count). The highest BCUT2D eigenvalue weighted by atomic mass is 79.9. The number of hydrogen-bond donors (Lipinski definition) is 0. The molecule has 0 amide bonds. The number of benzene rings is 1. The minimum absolute atomic E-state index is 0.521. The monoisotopic (exact) mass is 423 g/mol. The zero-order chi connectivity index (χ0) is 16.3. The molecule has 0 saturated carbocycles. The van der Waals surface area contributed by atoms with E-state index in [1.807, 2.05) is 24.5 Å². The van der Waals surface area contributed by atoms with E-state index < -0.39 is 0 Å². The van der Waals surface area contributed by atoms with Gasteiger partial charge in [-0.1, -0.05) is 23.1 Å². The summed E-state index contributed by atoms with van der Waals surface area (Å²) < 4.78 is 20.9. The summed E-state index contributed by atoms with van der Waals surface area (Å²) in [5, 5.41) is 5.46. The van der Waals surface area contributed by atoms with Gasteiger partial charge in [-0.3, -0.25) is 0 Å². The quantitative estimate of drug-likeness (QED) is 0.443. The molecule has 0 bridgehead atoms. The van der Waals surface area contributed by atoms with Crippen LogP contribution in [0, 0.1) is 0 Å². The topological polar surface area (TPSA) is 61.8 Å². The standard InChI is InChI=1S/C15H10BrN3O3S2/c1-23-15-18-19-13(16)10(17-14(19)24-15)9-6-7-2-3-8-12(11(7)22-9)21-5-4-20-8/h2-3,6H,4-5H2,1H3. The molecule has 9 heteroatoms. The van der Waals surface area contributed by atoms with E-state index in [9.17, 15) is 0 Å². The summed E-state index contributed by atoms with van der Waals surface area (Å²) in [4.78, 5) is 5.47. The Balaban J connectivity index is 1.69. The van der Waals surface area contributed by atoms with Crippen molar-refractivity contribution < 1.29 is 13.9 Å². The van der Waals surface area contributed by atoms with Crippen LogP contribution in [0.25, 0.3) is 27.4 Å². The number of aromatic nitrogens is 3. The van der Waals surface area contributed by atoms with Crippen LogP contribution >= 0.6 is 39.0 Å². The van der Waals surface area contributed by atoms with E-state index in [1.54, 1.807) is 27.6 Å². The van der Waals surface area contributed by atoms with Gasteiger partial charge in [-0.05, 0) is 40.4 Å². The van der Waals surface area contributed by atoms with Crippen LogP contribution in [0.2, 0.25) is 0 Å². The molecule has 24 heavy (non-hydrogen) atoms. The van der Waals surface area contributed by atoms with Crippen LogP contribution in [0.3, 0.4) is 0 Å². The Morgan fingerprint density at radius 3 is 3.00 bits per heavy atom. The summed E-state index contributed by atoms with van der Waals surface area (Å²) in [5.74, 6) is 2.04. The summed E-state index contributed by atoms with van der Waals surface area (Å²) in [6.07, 6.45) is 2.00. The Bertz CT molecular complexity index is 1080. The largest absolute Gasteiger partial charge is 0.486 e.